The van der Waals surface area contributed by atoms with Gasteiger partial charge in [0, 0.05) is 16.2 Å². The molecule has 0 fully saturated rings. The van der Waals surface area contributed by atoms with E-state index in [1.807, 2.05) is 0 Å². The molecule has 0 atom stereocenters. The maximum Gasteiger partial charge on any atom is 0.513 e. The quantitative estimate of drug-likeness (QED) is 0.378. The third-order valence-electron chi connectivity index (χ3n) is 3.21. The van der Waals surface area contributed by atoms with Gasteiger partial charge < -0.3 is 9.47 Å². The van der Waals surface area contributed by atoms with Crippen molar-refractivity contribution in [2.24, 2.45) is 0 Å². The lowest BCUT2D eigenvalue weighted by atomic mass is 10.0. The Kier molecular flexibility index (Phi) is 3.17. The van der Waals surface area contributed by atoms with Gasteiger partial charge in [0.15, 0.2) is 0 Å². The molecule has 5 heteroatoms. The lowest BCUT2D eigenvalue weighted by Crippen LogP contribution is -2.08. The molecule has 21 heavy (non-hydrogen) atoms. The third-order valence-corrected chi connectivity index (χ3v) is 3.21. The van der Waals surface area contributed by atoms with Crippen molar-refractivity contribution in [3.8, 4) is 5.75 Å². The number of benzene rings is 3. The number of hydrogen-bond donors (Lipinski definition) is 0. The first kappa shape index (κ1) is 13.3. The molecule has 0 radical (unpaired) electrons. The number of halogens is 2. The fourth-order valence-electron chi connectivity index (χ4n) is 2.27. The van der Waals surface area contributed by atoms with E-state index in [0.29, 0.717) is 16.2 Å². The van der Waals surface area contributed by atoms with Gasteiger partial charge in [-0.1, -0.05) is 18.2 Å². The minimum absolute atomic E-state index is 0.0772. The molecule has 0 amide bonds. The average molecular weight is 288 g/mol. The zero-order valence-electron chi connectivity index (χ0n) is 11.0. The maximum atomic E-state index is 13.9. The third kappa shape index (κ3) is 2.27. The predicted molar refractivity (Wildman–Crippen MR) is 74.4 cm³/mol. The monoisotopic (exact) mass is 288 g/mol. The lowest BCUT2D eigenvalue weighted by molar-refractivity contribution is 0.122. The molecule has 3 rings (SSSR count). The molecule has 0 N–H and O–H groups in total. The van der Waals surface area contributed by atoms with E-state index in [1.165, 1.54) is 30.3 Å². The van der Waals surface area contributed by atoms with E-state index in [0.717, 1.165) is 7.11 Å². The van der Waals surface area contributed by atoms with E-state index >= 15 is 0 Å². The Balaban J connectivity index is 2.42. The van der Waals surface area contributed by atoms with Crippen LogP contribution in [0, 0.1) is 11.6 Å². The normalized spacial score (nSPS) is 10.8. The van der Waals surface area contributed by atoms with Crippen molar-refractivity contribution in [3.63, 3.8) is 0 Å². The van der Waals surface area contributed by atoms with E-state index < -0.39 is 17.8 Å². The first-order valence-corrected chi connectivity index (χ1v) is 6.16. The molecule has 0 heterocycles. The summed E-state index contributed by atoms with van der Waals surface area (Å²) in [5.41, 5.74) is 0. The van der Waals surface area contributed by atoms with E-state index in [-0.39, 0.29) is 11.1 Å². The second-order valence-electron chi connectivity index (χ2n) is 4.46. The summed E-state index contributed by atoms with van der Waals surface area (Å²) in [6.07, 6.45) is -0.947. The Morgan fingerprint density at radius 3 is 2.57 bits per heavy atom. The maximum absolute atomic E-state index is 13.9. The predicted octanol–water partition coefficient (Wildman–Crippen LogP) is 4.42. The molecule has 106 valence electrons. The Labute approximate surface area is 118 Å². The van der Waals surface area contributed by atoms with Gasteiger partial charge >= 0.3 is 6.16 Å². The second-order valence-corrected chi connectivity index (χ2v) is 4.46. The van der Waals surface area contributed by atoms with Gasteiger partial charge in [-0.3, -0.25) is 0 Å². The Hall–Kier alpha value is -2.69. The molecule has 0 aliphatic carbocycles. The number of ether oxygens (including phenoxy) is 2. The number of fused-ring (bicyclic) bond motifs is 2. The molecule has 3 nitrogen and oxygen atoms in total. The van der Waals surface area contributed by atoms with Crippen molar-refractivity contribution in [1.29, 1.82) is 0 Å². The molecule has 0 unspecified atom stereocenters. The van der Waals surface area contributed by atoms with Crippen LogP contribution in [0.25, 0.3) is 21.5 Å². The SMILES string of the molecule is COC(=O)Oc1c2cc(F)ccc2cc2c(F)cccc12. The Morgan fingerprint density at radius 1 is 1.00 bits per heavy atom. The molecular formula is C16H10F2O3. The topological polar surface area (TPSA) is 35.5 Å². The van der Waals surface area contributed by atoms with Gasteiger partial charge in [-0.25, -0.2) is 13.6 Å². The number of carbonyl (C=O) groups excluding carboxylic acids is 1. The summed E-state index contributed by atoms with van der Waals surface area (Å²) >= 11 is 0. The Morgan fingerprint density at radius 2 is 1.81 bits per heavy atom. The van der Waals surface area contributed by atoms with Crippen LogP contribution >= 0.6 is 0 Å². The van der Waals surface area contributed by atoms with Crippen LogP contribution < -0.4 is 4.74 Å². The zero-order valence-corrected chi connectivity index (χ0v) is 11.0. The number of hydrogen-bond acceptors (Lipinski definition) is 3. The van der Waals surface area contributed by atoms with Crippen LogP contribution in [0.3, 0.4) is 0 Å². The molecule has 0 saturated heterocycles. The molecule has 0 saturated carbocycles. The van der Waals surface area contributed by atoms with Crippen molar-refractivity contribution in [1.82, 2.24) is 0 Å². The van der Waals surface area contributed by atoms with Gasteiger partial charge in [0.25, 0.3) is 0 Å². The minimum Gasteiger partial charge on any atom is -0.437 e. The molecule has 3 aromatic rings. The summed E-state index contributed by atoms with van der Waals surface area (Å²) in [4.78, 5) is 11.4. The zero-order chi connectivity index (χ0) is 15.0. The summed E-state index contributed by atoms with van der Waals surface area (Å²) in [5.74, 6) is -0.852. The van der Waals surface area contributed by atoms with Crippen LogP contribution in [0.4, 0.5) is 13.6 Å². The van der Waals surface area contributed by atoms with Crippen molar-refractivity contribution in [3.05, 3.63) is 54.1 Å². The van der Waals surface area contributed by atoms with Gasteiger partial charge in [-0.15, -0.1) is 0 Å². The number of carbonyl (C=O) groups is 1. The van der Waals surface area contributed by atoms with Crippen LogP contribution in [0.15, 0.2) is 42.5 Å². The Bertz CT molecular complexity index is 855. The largest absolute Gasteiger partial charge is 0.513 e. The van der Waals surface area contributed by atoms with Crippen molar-refractivity contribution in [2.45, 2.75) is 0 Å². The highest BCUT2D eigenvalue weighted by Crippen LogP contribution is 2.36. The number of rotatable bonds is 1. The van der Waals surface area contributed by atoms with Gasteiger partial charge in [-0.05, 0) is 29.7 Å². The van der Waals surface area contributed by atoms with E-state index in [9.17, 15) is 13.6 Å². The van der Waals surface area contributed by atoms with Crippen molar-refractivity contribution >= 4 is 27.7 Å². The molecule has 0 spiro atoms. The first-order chi connectivity index (χ1) is 10.1. The van der Waals surface area contributed by atoms with Crippen LogP contribution in [0.1, 0.15) is 0 Å². The molecule has 0 bridgehead atoms. The highest BCUT2D eigenvalue weighted by atomic mass is 19.1. The molecule has 0 aliphatic rings. The fourth-order valence-corrected chi connectivity index (χ4v) is 2.27. The van der Waals surface area contributed by atoms with Gasteiger partial charge in [0.1, 0.15) is 17.4 Å². The summed E-state index contributed by atoms with van der Waals surface area (Å²) in [5, 5.41) is 1.60. The summed E-state index contributed by atoms with van der Waals surface area (Å²) in [6.45, 7) is 0. The van der Waals surface area contributed by atoms with Gasteiger partial charge in [-0.2, -0.15) is 0 Å². The molecular weight excluding hydrogens is 278 g/mol. The standard InChI is InChI=1S/C16H10F2O3/c1-20-16(19)21-15-11-3-2-4-14(18)13(11)7-9-5-6-10(17)8-12(9)15/h2-8H,1H3. The van der Waals surface area contributed by atoms with E-state index in [4.69, 9.17) is 4.74 Å². The fraction of sp³-hybridized carbons (Fsp3) is 0.0625. The van der Waals surface area contributed by atoms with Crippen LogP contribution in [0.5, 0.6) is 5.75 Å². The van der Waals surface area contributed by atoms with Crippen LogP contribution in [-0.4, -0.2) is 13.3 Å². The first-order valence-electron chi connectivity index (χ1n) is 6.16. The molecule has 0 aliphatic heterocycles. The van der Waals surface area contributed by atoms with Crippen LogP contribution in [-0.2, 0) is 4.74 Å². The number of methoxy groups -OCH3 is 1. The van der Waals surface area contributed by atoms with Gasteiger partial charge in [0.2, 0.25) is 0 Å². The molecule has 3 aromatic carbocycles. The second kappa shape index (κ2) is 5.01. The van der Waals surface area contributed by atoms with Crippen LogP contribution in [0.2, 0.25) is 0 Å². The highest BCUT2D eigenvalue weighted by Gasteiger charge is 2.15. The van der Waals surface area contributed by atoms with E-state index in [1.54, 1.807) is 12.1 Å². The van der Waals surface area contributed by atoms with Crippen molar-refractivity contribution in [2.75, 3.05) is 7.11 Å². The van der Waals surface area contributed by atoms with E-state index in [2.05, 4.69) is 4.74 Å². The smallest absolute Gasteiger partial charge is 0.437 e. The summed E-state index contributed by atoms with van der Waals surface area (Å²) < 4.78 is 37.0. The highest BCUT2D eigenvalue weighted by molar-refractivity contribution is 6.06. The van der Waals surface area contributed by atoms with Gasteiger partial charge in [0.05, 0.1) is 7.11 Å². The molecule has 0 aromatic heterocycles. The summed E-state index contributed by atoms with van der Waals surface area (Å²) in [7, 11) is 1.16. The summed E-state index contributed by atoms with van der Waals surface area (Å²) in [6, 6.07) is 9.98. The van der Waals surface area contributed by atoms with Crippen molar-refractivity contribution < 1.29 is 23.0 Å². The minimum atomic E-state index is -0.947. The average Bonchev–Trinajstić information content (AvgIpc) is 2.48. The lowest BCUT2D eigenvalue weighted by Gasteiger charge is -2.11.